The van der Waals surface area contributed by atoms with E-state index < -0.39 is 10.0 Å². The molecule has 0 aliphatic rings. The molecule has 0 fully saturated rings. The van der Waals surface area contributed by atoms with Gasteiger partial charge in [0, 0.05) is 24.7 Å². The zero-order chi connectivity index (χ0) is 25.3. The minimum absolute atomic E-state index is 0.130. The molecule has 0 radical (unpaired) electrons. The van der Waals surface area contributed by atoms with Crippen LogP contribution in [0.1, 0.15) is 36.8 Å². The number of benzene rings is 2. The van der Waals surface area contributed by atoms with E-state index in [1.165, 1.54) is 47.0 Å². The second kappa shape index (κ2) is 9.76. The van der Waals surface area contributed by atoms with E-state index in [1.54, 1.807) is 24.6 Å². The summed E-state index contributed by atoms with van der Waals surface area (Å²) in [7, 11) is -2.10. The normalized spacial score (nSPS) is 12.0. The highest BCUT2D eigenvalue weighted by Crippen LogP contribution is 2.32. The maximum Gasteiger partial charge on any atom is 0.256 e. The predicted octanol–water partition coefficient (Wildman–Crippen LogP) is 4.47. The fraction of sp³-hybridized carbons (Fsp3) is 0.292. The van der Waals surface area contributed by atoms with Crippen molar-refractivity contribution in [2.24, 2.45) is 0 Å². The number of carbonyl (C=O) groups excluding carboxylic acids is 1. The minimum atomic E-state index is -3.63. The van der Waals surface area contributed by atoms with Gasteiger partial charge in [0.25, 0.3) is 5.91 Å². The van der Waals surface area contributed by atoms with E-state index in [0.29, 0.717) is 34.6 Å². The first-order chi connectivity index (χ1) is 16.6. The Hall–Kier alpha value is -3.28. The summed E-state index contributed by atoms with van der Waals surface area (Å²) in [6, 6.07) is 13.2. The zero-order valence-corrected chi connectivity index (χ0v) is 21.8. The van der Waals surface area contributed by atoms with Crippen LogP contribution in [-0.4, -0.2) is 53.1 Å². The molecule has 0 aliphatic heterocycles. The third kappa shape index (κ3) is 4.93. The van der Waals surface area contributed by atoms with Crippen molar-refractivity contribution in [1.29, 1.82) is 0 Å². The Labute approximate surface area is 208 Å². The van der Waals surface area contributed by atoms with Gasteiger partial charge in [-0.1, -0.05) is 17.4 Å². The number of amides is 1. The molecular weight excluding hydrogens is 486 g/mol. The number of carbonyl (C=O) groups is 1. The number of hydrogen-bond donors (Lipinski definition) is 1. The largest absolute Gasteiger partial charge is 0.492 e. The monoisotopic (exact) mass is 513 g/mol. The molecule has 35 heavy (non-hydrogen) atoms. The number of sulfonamides is 1. The van der Waals surface area contributed by atoms with Gasteiger partial charge >= 0.3 is 0 Å². The molecule has 2 heterocycles. The van der Waals surface area contributed by atoms with Crippen LogP contribution in [0.15, 0.2) is 53.4 Å². The average Bonchev–Trinajstić information content (AvgIpc) is 3.42. The van der Waals surface area contributed by atoms with Gasteiger partial charge in [-0.15, -0.1) is 0 Å². The van der Waals surface area contributed by atoms with Crippen molar-refractivity contribution in [2.45, 2.75) is 38.6 Å². The molecule has 2 aromatic carbocycles. The molecule has 1 N–H and O–H groups in total. The summed E-state index contributed by atoms with van der Waals surface area (Å²) in [4.78, 5) is 17.8. The lowest BCUT2D eigenvalue weighted by atomic mass is 10.2. The van der Waals surface area contributed by atoms with Gasteiger partial charge in [0.2, 0.25) is 15.2 Å². The van der Waals surface area contributed by atoms with Crippen molar-refractivity contribution in [3.63, 3.8) is 0 Å². The highest BCUT2D eigenvalue weighted by atomic mass is 32.2. The highest BCUT2D eigenvalue weighted by molar-refractivity contribution is 7.89. The second-order valence-corrected chi connectivity index (χ2v) is 11.2. The average molecular weight is 514 g/mol. The van der Waals surface area contributed by atoms with Gasteiger partial charge in [-0.2, -0.15) is 14.1 Å². The molecular formula is C24H27N5O4S2. The van der Waals surface area contributed by atoms with E-state index in [2.05, 4.69) is 10.4 Å². The summed E-state index contributed by atoms with van der Waals surface area (Å²) in [6.45, 7) is 7.88. The van der Waals surface area contributed by atoms with Crippen LogP contribution in [0.3, 0.4) is 0 Å². The lowest BCUT2D eigenvalue weighted by Gasteiger charge is -2.21. The summed E-state index contributed by atoms with van der Waals surface area (Å²) in [6.07, 6.45) is 0. The molecule has 0 saturated carbocycles. The first-order valence-corrected chi connectivity index (χ1v) is 13.4. The Morgan fingerprint density at radius 2 is 1.91 bits per heavy atom. The summed E-state index contributed by atoms with van der Waals surface area (Å²) in [5, 5.41) is 7.96. The molecule has 1 amide bonds. The molecule has 0 aliphatic carbocycles. The van der Waals surface area contributed by atoms with Crippen LogP contribution in [0, 0.1) is 6.92 Å². The highest BCUT2D eigenvalue weighted by Gasteiger charge is 2.23. The van der Waals surface area contributed by atoms with Crippen molar-refractivity contribution < 1.29 is 17.9 Å². The molecule has 0 atom stereocenters. The second-order valence-electron chi connectivity index (χ2n) is 8.21. The number of thiazole rings is 1. The smallest absolute Gasteiger partial charge is 0.256 e. The number of anilines is 1. The summed E-state index contributed by atoms with van der Waals surface area (Å²) in [5.41, 5.74) is 1.77. The van der Waals surface area contributed by atoms with Crippen LogP contribution in [0.4, 0.5) is 5.82 Å². The Bertz CT molecular complexity index is 1470. The molecule has 184 valence electrons. The lowest BCUT2D eigenvalue weighted by molar-refractivity contribution is 0.102. The predicted molar refractivity (Wildman–Crippen MR) is 137 cm³/mol. The number of hydrogen-bond acceptors (Lipinski definition) is 7. The number of ether oxygens (including phenoxy) is 1. The standard InChI is InChI=1S/C24H27N5O4S2/c1-6-33-19-8-7-9-20-22(19)26-24(34-20)29-21(14-16(4)27-29)25-23(30)17-10-12-18(13-11-17)35(31,32)28(5)15(2)3/h7-15H,6H2,1-5H3,(H,25,30). The number of fused-ring (bicyclic) bond motifs is 1. The van der Waals surface area contributed by atoms with Crippen LogP contribution < -0.4 is 10.1 Å². The van der Waals surface area contributed by atoms with Gasteiger partial charge in [0.1, 0.15) is 17.1 Å². The zero-order valence-electron chi connectivity index (χ0n) is 20.1. The lowest BCUT2D eigenvalue weighted by Crippen LogP contribution is -2.33. The van der Waals surface area contributed by atoms with E-state index in [9.17, 15) is 13.2 Å². The Balaban J connectivity index is 1.60. The van der Waals surface area contributed by atoms with E-state index in [-0.39, 0.29) is 16.8 Å². The third-order valence-electron chi connectivity index (χ3n) is 5.45. The van der Waals surface area contributed by atoms with Crippen molar-refractivity contribution in [2.75, 3.05) is 19.0 Å². The van der Waals surface area contributed by atoms with Crippen LogP contribution in [0.5, 0.6) is 5.75 Å². The van der Waals surface area contributed by atoms with E-state index >= 15 is 0 Å². The number of nitrogens with zero attached hydrogens (tertiary/aromatic N) is 4. The topological polar surface area (TPSA) is 106 Å². The molecule has 11 heteroatoms. The van der Waals surface area contributed by atoms with Gasteiger partial charge in [-0.25, -0.2) is 13.4 Å². The summed E-state index contributed by atoms with van der Waals surface area (Å²) in [5.74, 6) is 0.768. The summed E-state index contributed by atoms with van der Waals surface area (Å²) < 4.78 is 34.9. The van der Waals surface area contributed by atoms with Gasteiger partial charge < -0.3 is 10.1 Å². The molecule has 0 spiro atoms. The molecule has 9 nitrogen and oxygen atoms in total. The van der Waals surface area contributed by atoms with Crippen molar-refractivity contribution >= 4 is 43.3 Å². The molecule has 0 unspecified atom stereocenters. The van der Waals surface area contributed by atoms with Crippen LogP contribution >= 0.6 is 11.3 Å². The molecule has 0 saturated heterocycles. The molecule has 0 bridgehead atoms. The van der Waals surface area contributed by atoms with Crippen LogP contribution in [0.2, 0.25) is 0 Å². The van der Waals surface area contributed by atoms with Crippen LogP contribution in [-0.2, 0) is 10.0 Å². The Morgan fingerprint density at radius 1 is 1.20 bits per heavy atom. The van der Waals surface area contributed by atoms with E-state index in [4.69, 9.17) is 9.72 Å². The number of nitrogens with one attached hydrogen (secondary N) is 1. The van der Waals surface area contributed by atoms with Gasteiger partial charge in [-0.05, 0) is 64.1 Å². The maximum atomic E-state index is 13.0. The molecule has 4 aromatic rings. The maximum absolute atomic E-state index is 13.0. The van der Waals surface area contributed by atoms with Gasteiger partial charge in [-0.3, -0.25) is 4.79 Å². The first-order valence-electron chi connectivity index (χ1n) is 11.1. The van der Waals surface area contributed by atoms with Crippen molar-refractivity contribution in [3.8, 4) is 10.9 Å². The fourth-order valence-electron chi connectivity index (χ4n) is 3.42. The minimum Gasteiger partial charge on any atom is -0.492 e. The number of aryl methyl sites for hydroxylation is 1. The Kier molecular flexibility index (Phi) is 6.93. The van der Waals surface area contributed by atoms with Gasteiger partial charge in [0.05, 0.1) is 21.9 Å². The Morgan fingerprint density at radius 3 is 2.57 bits per heavy atom. The SMILES string of the molecule is CCOc1cccc2sc(-n3nc(C)cc3NC(=O)c3ccc(S(=O)(=O)N(C)C(C)C)cc3)nc12. The van der Waals surface area contributed by atoms with E-state index in [1.807, 2.05) is 32.0 Å². The quantitative estimate of drug-likeness (QED) is 0.373. The molecule has 4 rings (SSSR count). The summed E-state index contributed by atoms with van der Waals surface area (Å²) >= 11 is 1.44. The van der Waals surface area contributed by atoms with Crippen molar-refractivity contribution in [3.05, 3.63) is 59.8 Å². The van der Waals surface area contributed by atoms with E-state index in [0.717, 1.165) is 10.2 Å². The molecule has 2 aromatic heterocycles. The van der Waals surface area contributed by atoms with Crippen LogP contribution in [0.25, 0.3) is 15.3 Å². The van der Waals surface area contributed by atoms with Crippen molar-refractivity contribution in [1.82, 2.24) is 19.1 Å². The number of rotatable bonds is 8. The first kappa shape index (κ1) is 24.8. The number of aromatic nitrogens is 3. The fourth-order valence-corrected chi connectivity index (χ4v) is 5.74. The third-order valence-corrected chi connectivity index (χ3v) is 8.49. The number of para-hydroxylation sites is 1. The van der Waals surface area contributed by atoms with Gasteiger partial charge in [0.15, 0.2) is 0 Å².